The Morgan fingerprint density at radius 2 is 2.00 bits per heavy atom. The molecule has 0 aromatic heterocycles. The normalized spacial score (nSPS) is 22.0. The van der Waals surface area contributed by atoms with Crippen molar-refractivity contribution in [2.75, 3.05) is 19.8 Å². The lowest BCUT2D eigenvalue weighted by Gasteiger charge is -2.31. The molecule has 0 aliphatic carbocycles. The first-order valence-electron chi connectivity index (χ1n) is 7.41. The Morgan fingerprint density at radius 3 is 2.57 bits per heavy atom. The smallest absolute Gasteiger partial charge is 0.307 e. The number of aliphatic hydroxyl groups is 1. The van der Waals surface area contributed by atoms with Crippen LogP contribution in [0, 0.1) is 0 Å². The van der Waals surface area contributed by atoms with Gasteiger partial charge in [-0.2, -0.15) is 0 Å². The van der Waals surface area contributed by atoms with E-state index >= 15 is 0 Å². The van der Waals surface area contributed by atoms with Crippen molar-refractivity contribution in [2.24, 2.45) is 0 Å². The van der Waals surface area contributed by atoms with Crippen LogP contribution in [0.5, 0.6) is 0 Å². The zero-order valence-corrected chi connectivity index (χ0v) is 13.5. The van der Waals surface area contributed by atoms with E-state index in [1.165, 1.54) is 24.3 Å². The lowest BCUT2D eigenvalue weighted by Crippen LogP contribution is -2.41. The summed E-state index contributed by atoms with van der Waals surface area (Å²) < 4.78 is 32.0. The highest BCUT2D eigenvalue weighted by Crippen LogP contribution is 2.22. The Labute approximate surface area is 135 Å². The Kier molecular flexibility index (Phi) is 5.74. The molecule has 0 saturated carbocycles. The van der Waals surface area contributed by atoms with Crippen molar-refractivity contribution < 1.29 is 28.2 Å². The molecule has 128 valence electrons. The number of sulfonamides is 1. The van der Waals surface area contributed by atoms with E-state index in [0.717, 1.165) is 6.42 Å². The molecule has 0 amide bonds. The molecule has 1 atom stereocenters. The average molecular weight is 343 g/mol. The molecule has 8 heteroatoms. The molecule has 3 N–H and O–H groups in total. The third-order valence-electron chi connectivity index (χ3n) is 3.77. The molecule has 0 radical (unpaired) electrons. The van der Waals surface area contributed by atoms with E-state index in [4.69, 9.17) is 9.84 Å². The predicted octanol–water partition coefficient (Wildman–Crippen LogP) is 0.524. The van der Waals surface area contributed by atoms with Crippen molar-refractivity contribution in [1.29, 1.82) is 0 Å². The molecular weight excluding hydrogens is 322 g/mol. The minimum atomic E-state index is -3.68. The quantitative estimate of drug-likeness (QED) is 0.665. The zero-order valence-electron chi connectivity index (χ0n) is 12.7. The number of hydrogen-bond acceptors (Lipinski definition) is 5. The van der Waals surface area contributed by atoms with Crippen LogP contribution in [0.15, 0.2) is 29.2 Å². The van der Waals surface area contributed by atoms with Gasteiger partial charge in [0.2, 0.25) is 10.0 Å². The molecule has 1 aliphatic heterocycles. The van der Waals surface area contributed by atoms with Gasteiger partial charge in [0.25, 0.3) is 0 Å². The number of benzene rings is 1. The van der Waals surface area contributed by atoms with Crippen LogP contribution >= 0.6 is 0 Å². The number of carbonyl (C=O) groups is 1. The summed E-state index contributed by atoms with van der Waals surface area (Å²) in [5.74, 6) is -0.971. The standard InChI is InChI=1S/C15H21NO6S/c17-14(18)10-12-2-4-13(5-3-12)23(20,21)16-8-7-15(19)6-1-9-22-11-15/h2-5,16,19H,1,6-11H2,(H,17,18). The number of carboxylic acid groups (broad SMARTS) is 1. The van der Waals surface area contributed by atoms with Gasteiger partial charge in [0.15, 0.2) is 0 Å². The first kappa shape index (κ1) is 17.9. The molecular formula is C15H21NO6S. The second kappa shape index (κ2) is 7.39. The van der Waals surface area contributed by atoms with E-state index in [1.54, 1.807) is 0 Å². The summed E-state index contributed by atoms with van der Waals surface area (Å²) in [6.07, 6.45) is 1.48. The molecule has 1 aromatic carbocycles. The minimum Gasteiger partial charge on any atom is -0.481 e. The van der Waals surface area contributed by atoms with E-state index in [2.05, 4.69) is 4.72 Å². The van der Waals surface area contributed by atoms with Crippen molar-refractivity contribution in [3.63, 3.8) is 0 Å². The zero-order chi connectivity index (χ0) is 16.9. The molecule has 1 saturated heterocycles. The molecule has 23 heavy (non-hydrogen) atoms. The minimum absolute atomic E-state index is 0.0681. The number of hydrogen-bond donors (Lipinski definition) is 3. The van der Waals surface area contributed by atoms with Gasteiger partial charge in [-0.25, -0.2) is 13.1 Å². The van der Waals surface area contributed by atoms with Crippen LogP contribution in [0.25, 0.3) is 0 Å². The second-order valence-electron chi connectivity index (χ2n) is 5.74. The molecule has 0 spiro atoms. The largest absolute Gasteiger partial charge is 0.481 e. The fourth-order valence-electron chi connectivity index (χ4n) is 2.50. The van der Waals surface area contributed by atoms with Gasteiger partial charge in [-0.3, -0.25) is 4.79 Å². The first-order valence-corrected chi connectivity index (χ1v) is 8.90. The monoisotopic (exact) mass is 343 g/mol. The van der Waals surface area contributed by atoms with Crippen LogP contribution in [0.4, 0.5) is 0 Å². The Hall–Kier alpha value is -1.48. The number of aliphatic carboxylic acids is 1. The van der Waals surface area contributed by atoms with Gasteiger partial charge in [0, 0.05) is 13.2 Å². The van der Waals surface area contributed by atoms with Gasteiger partial charge in [0.1, 0.15) is 0 Å². The molecule has 1 fully saturated rings. The summed E-state index contributed by atoms with van der Waals surface area (Å²) in [4.78, 5) is 10.7. The summed E-state index contributed by atoms with van der Waals surface area (Å²) in [7, 11) is -3.68. The summed E-state index contributed by atoms with van der Waals surface area (Å²) in [6.45, 7) is 0.953. The lowest BCUT2D eigenvalue weighted by molar-refractivity contribution is -0.136. The van der Waals surface area contributed by atoms with Gasteiger partial charge in [-0.15, -0.1) is 0 Å². The highest BCUT2D eigenvalue weighted by molar-refractivity contribution is 7.89. The van der Waals surface area contributed by atoms with Crippen molar-refractivity contribution in [2.45, 2.75) is 36.2 Å². The fraction of sp³-hybridized carbons (Fsp3) is 0.533. The summed E-state index contributed by atoms with van der Waals surface area (Å²) in [5.41, 5.74) is -0.448. The van der Waals surface area contributed by atoms with Crippen LogP contribution in [-0.4, -0.2) is 50.0 Å². The predicted molar refractivity (Wildman–Crippen MR) is 82.6 cm³/mol. The van der Waals surface area contributed by atoms with Gasteiger partial charge in [0.05, 0.1) is 23.5 Å². The van der Waals surface area contributed by atoms with Gasteiger partial charge in [-0.1, -0.05) is 12.1 Å². The maximum absolute atomic E-state index is 12.2. The highest BCUT2D eigenvalue weighted by Gasteiger charge is 2.30. The SMILES string of the molecule is O=C(O)Cc1ccc(S(=O)(=O)NCCC2(O)CCCOC2)cc1. The van der Waals surface area contributed by atoms with Crippen LogP contribution in [-0.2, 0) is 26.0 Å². The molecule has 1 unspecified atom stereocenters. The van der Waals surface area contributed by atoms with Crippen LogP contribution in [0.2, 0.25) is 0 Å². The highest BCUT2D eigenvalue weighted by atomic mass is 32.2. The van der Waals surface area contributed by atoms with Crippen molar-refractivity contribution in [1.82, 2.24) is 4.72 Å². The molecule has 1 heterocycles. The van der Waals surface area contributed by atoms with Crippen LogP contribution < -0.4 is 4.72 Å². The van der Waals surface area contributed by atoms with Crippen LogP contribution in [0.3, 0.4) is 0 Å². The van der Waals surface area contributed by atoms with E-state index in [9.17, 15) is 18.3 Å². The molecule has 0 bridgehead atoms. The van der Waals surface area contributed by atoms with Gasteiger partial charge >= 0.3 is 5.97 Å². The summed E-state index contributed by atoms with van der Waals surface area (Å²) in [6, 6.07) is 5.70. The van der Waals surface area contributed by atoms with E-state index < -0.39 is 21.6 Å². The Balaban J connectivity index is 1.92. The fourth-order valence-corrected chi connectivity index (χ4v) is 3.53. The number of ether oxygens (including phenoxy) is 1. The summed E-state index contributed by atoms with van der Waals surface area (Å²) >= 11 is 0. The van der Waals surface area contributed by atoms with E-state index in [1.807, 2.05) is 0 Å². The second-order valence-corrected chi connectivity index (χ2v) is 7.51. The maximum Gasteiger partial charge on any atom is 0.307 e. The lowest BCUT2D eigenvalue weighted by atomic mass is 9.93. The van der Waals surface area contributed by atoms with Crippen LogP contribution in [0.1, 0.15) is 24.8 Å². The molecule has 1 aromatic rings. The van der Waals surface area contributed by atoms with Gasteiger partial charge < -0.3 is 14.9 Å². The molecule has 2 rings (SSSR count). The first-order chi connectivity index (χ1) is 10.8. The Morgan fingerprint density at radius 1 is 1.30 bits per heavy atom. The number of nitrogens with one attached hydrogen (secondary N) is 1. The summed E-state index contributed by atoms with van der Waals surface area (Å²) in [5, 5.41) is 18.9. The Bertz CT molecular complexity index is 634. The molecule has 1 aliphatic rings. The molecule has 7 nitrogen and oxygen atoms in total. The average Bonchev–Trinajstić information content (AvgIpc) is 2.47. The topological polar surface area (TPSA) is 113 Å². The number of rotatable bonds is 7. The third-order valence-corrected chi connectivity index (χ3v) is 5.25. The van der Waals surface area contributed by atoms with Crippen molar-refractivity contribution in [3.05, 3.63) is 29.8 Å². The van der Waals surface area contributed by atoms with E-state index in [0.29, 0.717) is 18.6 Å². The maximum atomic E-state index is 12.2. The van der Waals surface area contributed by atoms with Crippen molar-refractivity contribution in [3.8, 4) is 0 Å². The van der Waals surface area contributed by atoms with E-state index in [-0.39, 0.29) is 30.9 Å². The van der Waals surface area contributed by atoms with Gasteiger partial charge in [-0.05, 0) is 37.0 Å². The van der Waals surface area contributed by atoms with Crippen molar-refractivity contribution >= 4 is 16.0 Å². The number of carboxylic acids is 1. The third kappa shape index (κ3) is 5.28.